The van der Waals surface area contributed by atoms with E-state index in [4.69, 9.17) is 9.84 Å². The van der Waals surface area contributed by atoms with Crippen LogP contribution in [0.4, 0.5) is 0 Å². The number of methoxy groups -OCH3 is 1. The number of carboxylic acids is 2. The molecule has 2 heterocycles. The lowest BCUT2D eigenvalue weighted by Crippen LogP contribution is -2.21. The van der Waals surface area contributed by atoms with Crippen LogP contribution in [0.15, 0.2) is 24.3 Å². The second kappa shape index (κ2) is 6.98. The highest BCUT2D eigenvalue weighted by atomic mass is 16.5. The number of nitrogens with one attached hydrogen (secondary N) is 2. The number of aromatic nitrogens is 1. The zero-order valence-corrected chi connectivity index (χ0v) is 13.8. The van der Waals surface area contributed by atoms with Crippen molar-refractivity contribution in [3.8, 4) is 5.75 Å². The molecule has 1 aromatic carbocycles. The van der Waals surface area contributed by atoms with Gasteiger partial charge in [-0.3, -0.25) is 9.59 Å². The average Bonchev–Trinajstić information content (AvgIpc) is 2.98. The summed E-state index contributed by atoms with van der Waals surface area (Å²) in [4.78, 5) is 26.0. The standard InChI is InChI=1S/C18H20N2O5/c1-25-11-2-3-14-12(8-11)16(10-4-6-19-7-5-10)17(20-14)13(18(23)24)9-15(21)22/h2-4,8,13,19-20H,5-7,9H2,1H3,(H,21,22)(H,23,24). The lowest BCUT2D eigenvalue weighted by molar-refractivity contribution is -0.145. The predicted octanol–water partition coefficient (Wildman–Crippen LogP) is 2.20. The summed E-state index contributed by atoms with van der Waals surface area (Å²) in [6.07, 6.45) is 2.29. The summed E-state index contributed by atoms with van der Waals surface area (Å²) < 4.78 is 5.29. The highest BCUT2D eigenvalue weighted by molar-refractivity contribution is 5.98. The number of carboxylic acid groups (broad SMARTS) is 2. The van der Waals surface area contributed by atoms with Crippen LogP contribution < -0.4 is 10.1 Å². The molecule has 1 aromatic heterocycles. The maximum absolute atomic E-state index is 11.7. The van der Waals surface area contributed by atoms with Crippen LogP contribution in [-0.2, 0) is 9.59 Å². The number of aliphatic carboxylic acids is 2. The van der Waals surface area contributed by atoms with Crippen molar-refractivity contribution in [3.05, 3.63) is 35.5 Å². The maximum atomic E-state index is 11.7. The van der Waals surface area contributed by atoms with Crippen molar-refractivity contribution in [2.45, 2.75) is 18.8 Å². The number of benzene rings is 1. The Balaban J connectivity index is 2.24. The molecule has 1 aliphatic rings. The van der Waals surface area contributed by atoms with E-state index in [2.05, 4.69) is 10.3 Å². The van der Waals surface area contributed by atoms with Gasteiger partial charge >= 0.3 is 11.9 Å². The highest BCUT2D eigenvalue weighted by Crippen LogP contribution is 2.37. The van der Waals surface area contributed by atoms with Crippen LogP contribution in [0.2, 0.25) is 0 Å². The minimum atomic E-state index is -1.16. The Labute approximate surface area is 144 Å². The molecule has 3 rings (SSSR count). The zero-order valence-electron chi connectivity index (χ0n) is 13.8. The third-order valence-electron chi connectivity index (χ3n) is 4.45. The molecule has 0 bridgehead atoms. The molecule has 7 nitrogen and oxygen atoms in total. The second-order valence-corrected chi connectivity index (χ2v) is 6.00. The first-order valence-electron chi connectivity index (χ1n) is 8.05. The smallest absolute Gasteiger partial charge is 0.313 e. The molecule has 1 atom stereocenters. The van der Waals surface area contributed by atoms with Crippen molar-refractivity contribution in [2.75, 3.05) is 20.2 Å². The van der Waals surface area contributed by atoms with Crippen molar-refractivity contribution in [1.82, 2.24) is 10.3 Å². The summed E-state index contributed by atoms with van der Waals surface area (Å²) in [5, 5.41) is 22.8. The van der Waals surface area contributed by atoms with E-state index in [9.17, 15) is 14.7 Å². The van der Waals surface area contributed by atoms with Crippen LogP contribution in [0, 0.1) is 0 Å². The number of H-pyrrole nitrogens is 1. The minimum Gasteiger partial charge on any atom is -0.497 e. The van der Waals surface area contributed by atoms with E-state index in [1.165, 1.54) is 0 Å². The quantitative estimate of drug-likeness (QED) is 0.639. The van der Waals surface area contributed by atoms with Gasteiger partial charge in [-0.1, -0.05) is 6.08 Å². The molecule has 0 saturated carbocycles. The molecule has 0 aliphatic carbocycles. The zero-order chi connectivity index (χ0) is 18.0. The Hall–Kier alpha value is -2.80. The van der Waals surface area contributed by atoms with Gasteiger partial charge in [0.2, 0.25) is 0 Å². The lowest BCUT2D eigenvalue weighted by Gasteiger charge is -2.18. The van der Waals surface area contributed by atoms with Gasteiger partial charge in [0.25, 0.3) is 0 Å². The molecule has 1 aliphatic heterocycles. The first-order chi connectivity index (χ1) is 12.0. The van der Waals surface area contributed by atoms with Crippen molar-refractivity contribution in [1.29, 1.82) is 0 Å². The van der Waals surface area contributed by atoms with E-state index >= 15 is 0 Å². The van der Waals surface area contributed by atoms with E-state index in [1.807, 2.05) is 18.2 Å². The molecular formula is C18H20N2O5. The molecule has 0 radical (unpaired) electrons. The number of hydrogen-bond donors (Lipinski definition) is 4. The van der Waals surface area contributed by atoms with Gasteiger partial charge in [0.1, 0.15) is 11.7 Å². The Bertz CT molecular complexity index is 853. The Kier molecular flexibility index (Phi) is 4.76. The van der Waals surface area contributed by atoms with Crippen LogP contribution in [0.5, 0.6) is 5.75 Å². The Morgan fingerprint density at radius 1 is 1.32 bits per heavy atom. The van der Waals surface area contributed by atoms with Crippen molar-refractivity contribution >= 4 is 28.4 Å². The fourth-order valence-electron chi connectivity index (χ4n) is 3.26. The fourth-order valence-corrected chi connectivity index (χ4v) is 3.26. The third kappa shape index (κ3) is 3.36. The molecule has 0 fully saturated rings. The van der Waals surface area contributed by atoms with Gasteiger partial charge in [-0.05, 0) is 36.7 Å². The fraction of sp³-hybridized carbons (Fsp3) is 0.333. The van der Waals surface area contributed by atoms with E-state index in [1.54, 1.807) is 13.2 Å². The number of carbonyl (C=O) groups is 2. The number of rotatable bonds is 6. The third-order valence-corrected chi connectivity index (χ3v) is 4.45. The Morgan fingerprint density at radius 2 is 2.12 bits per heavy atom. The van der Waals surface area contributed by atoms with Crippen LogP contribution in [-0.4, -0.2) is 47.3 Å². The summed E-state index contributed by atoms with van der Waals surface area (Å²) in [7, 11) is 1.57. The molecule has 25 heavy (non-hydrogen) atoms. The van der Waals surface area contributed by atoms with E-state index in [0.717, 1.165) is 35.0 Å². The van der Waals surface area contributed by atoms with Crippen molar-refractivity contribution in [3.63, 3.8) is 0 Å². The van der Waals surface area contributed by atoms with Gasteiger partial charge in [0.15, 0.2) is 0 Å². The molecule has 0 spiro atoms. The van der Waals surface area contributed by atoms with Gasteiger partial charge in [-0.2, -0.15) is 0 Å². The van der Waals surface area contributed by atoms with Crippen LogP contribution >= 0.6 is 0 Å². The maximum Gasteiger partial charge on any atom is 0.313 e. The lowest BCUT2D eigenvalue weighted by atomic mass is 9.90. The van der Waals surface area contributed by atoms with Crippen LogP contribution in [0.1, 0.15) is 30.0 Å². The normalized spacial score (nSPS) is 15.6. The molecule has 0 saturated heterocycles. The minimum absolute atomic E-state index is 0.436. The molecule has 1 unspecified atom stereocenters. The second-order valence-electron chi connectivity index (χ2n) is 6.00. The summed E-state index contributed by atoms with van der Waals surface area (Å²) in [6.45, 7) is 1.49. The van der Waals surface area contributed by atoms with Crippen molar-refractivity contribution in [2.24, 2.45) is 0 Å². The predicted molar refractivity (Wildman–Crippen MR) is 92.9 cm³/mol. The van der Waals surface area contributed by atoms with E-state index < -0.39 is 24.3 Å². The number of ether oxygens (including phenoxy) is 1. The molecule has 2 aromatic rings. The summed E-state index contributed by atoms with van der Waals surface area (Å²) >= 11 is 0. The molecule has 7 heteroatoms. The monoisotopic (exact) mass is 344 g/mol. The van der Waals surface area contributed by atoms with E-state index in [-0.39, 0.29) is 0 Å². The van der Waals surface area contributed by atoms with Gasteiger partial charge < -0.3 is 25.3 Å². The molecule has 0 amide bonds. The first kappa shape index (κ1) is 17.0. The largest absolute Gasteiger partial charge is 0.497 e. The summed E-state index contributed by atoms with van der Waals surface area (Å²) in [5.74, 6) is -2.77. The average molecular weight is 344 g/mol. The van der Waals surface area contributed by atoms with Gasteiger partial charge in [0.05, 0.1) is 13.5 Å². The van der Waals surface area contributed by atoms with Gasteiger partial charge in [-0.15, -0.1) is 0 Å². The van der Waals surface area contributed by atoms with Gasteiger partial charge in [-0.25, -0.2) is 0 Å². The van der Waals surface area contributed by atoms with Crippen LogP contribution in [0.25, 0.3) is 16.5 Å². The summed E-state index contributed by atoms with van der Waals surface area (Å²) in [5.41, 5.74) is 3.00. The van der Waals surface area contributed by atoms with Gasteiger partial charge in [0, 0.05) is 28.7 Å². The van der Waals surface area contributed by atoms with Crippen LogP contribution in [0.3, 0.4) is 0 Å². The molecule has 4 N–H and O–H groups in total. The number of aromatic amines is 1. The highest BCUT2D eigenvalue weighted by Gasteiger charge is 2.30. The van der Waals surface area contributed by atoms with E-state index in [0.29, 0.717) is 18.0 Å². The Morgan fingerprint density at radius 3 is 2.72 bits per heavy atom. The molecule has 132 valence electrons. The molecular weight excluding hydrogens is 324 g/mol. The first-order valence-corrected chi connectivity index (χ1v) is 8.05. The SMILES string of the molecule is COc1ccc2[nH]c(C(CC(=O)O)C(=O)O)c(C3=CCNCC3)c2c1. The number of hydrogen-bond acceptors (Lipinski definition) is 4. The number of fused-ring (bicyclic) bond motifs is 1. The topological polar surface area (TPSA) is 112 Å². The van der Waals surface area contributed by atoms with Crippen molar-refractivity contribution < 1.29 is 24.5 Å². The summed E-state index contributed by atoms with van der Waals surface area (Å²) in [6, 6.07) is 5.46.